The summed E-state index contributed by atoms with van der Waals surface area (Å²) in [4.78, 5) is 20.5. The Morgan fingerprint density at radius 1 is 0.909 bits per heavy atom. The van der Waals surface area contributed by atoms with Crippen molar-refractivity contribution in [3.63, 3.8) is 0 Å². The zero-order valence-corrected chi connectivity index (χ0v) is 13.2. The van der Waals surface area contributed by atoms with Gasteiger partial charge in [0.05, 0.1) is 4.92 Å². The van der Waals surface area contributed by atoms with Crippen LogP contribution in [0.2, 0.25) is 0 Å². The van der Waals surface area contributed by atoms with Crippen molar-refractivity contribution < 1.29 is 36.2 Å². The van der Waals surface area contributed by atoms with Crippen molar-refractivity contribution in [1.82, 2.24) is 0 Å². The molecule has 2 aromatic carbocycles. The molecule has 0 N–H and O–H groups in total. The largest absolute Gasteiger partial charge is 0.864 e. The number of nitrogens with zero attached hydrogens (tertiary/aromatic N) is 2. The molecule has 0 saturated carbocycles. The van der Waals surface area contributed by atoms with Gasteiger partial charge in [-0.2, -0.15) is 0 Å². The molecule has 7 nitrogen and oxygen atoms in total. The molecule has 0 saturated heterocycles. The van der Waals surface area contributed by atoms with Crippen LogP contribution in [0, 0.1) is 23.8 Å². The summed E-state index contributed by atoms with van der Waals surface area (Å²) in [7, 11) is 0. The van der Waals surface area contributed by atoms with Crippen LogP contribution >= 0.6 is 0 Å². The van der Waals surface area contributed by atoms with Gasteiger partial charge in [0.1, 0.15) is 4.92 Å². The SMILES string of the molecule is O=[N+]([O-])/C([I+]c1ccc([N+](=O)[O-])cc1)=C(/[O-])c1ccccc1. The summed E-state index contributed by atoms with van der Waals surface area (Å²) in [5, 5.41) is 34.0. The lowest BCUT2D eigenvalue weighted by Crippen LogP contribution is -3.61. The summed E-state index contributed by atoms with van der Waals surface area (Å²) in [5.41, 5.74) is 0.167. The number of rotatable bonds is 5. The van der Waals surface area contributed by atoms with Crippen LogP contribution in [-0.2, 0) is 0 Å². The summed E-state index contributed by atoms with van der Waals surface area (Å²) in [6.45, 7) is 0. The van der Waals surface area contributed by atoms with Gasteiger partial charge in [-0.25, -0.2) is 0 Å². The first-order valence-electron chi connectivity index (χ1n) is 5.99. The van der Waals surface area contributed by atoms with Gasteiger partial charge in [-0.05, 0) is 17.7 Å². The van der Waals surface area contributed by atoms with Crippen molar-refractivity contribution in [3.8, 4) is 0 Å². The average molecular weight is 412 g/mol. The molecule has 2 rings (SSSR count). The third kappa shape index (κ3) is 3.79. The van der Waals surface area contributed by atoms with Crippen molar-refractivity contribution in [2.75, 3.05) is 0 Å². The first kappa shape index (κ1) is 15.9. The van der Waals surface area contributed by atoms with Crippen LogP contribution in [0.4, 0.5) is 5.69 Å². The second-order valence-corrected chi connectivity index (χ2v) is 6.88. The molecule has 112 valence electrons. The minimum atomic E-state index is -1.33. The van der Waals surface area contributed by atoms with E-state index in [-0.39, 0.29) is 15.0 Å². The van der Waals surface area contributed by atoms with Crippen molar-refractivity contribution in [2.24, 2.45) is 0 Å². The van der Waals surface area contributed by atoms with Gasteiger partial charge in [0, 0.05) is 17.9 Å². The monoisotopic (exact) mass is 412 g/mol. The number of benzene rings is 2. The van der Waals surface area contributed by atoms with E-state index in [1.54, 1.807) is 18.2 Å². The number of non-ortho nitro benzene ring substituents is 1. The molecule has 0 bridgehead atoms. The molecule has 0 atom stereocenters. The first-order valence-corrected chi connectivity index (χ1v) is 8.15. The topological polar surface area (TPSA) is 109 Å². The molecule has 0 unspecified atom stereocenters. The highest BCUT2D eigenvalue weighted by atomic mass is 127. The Balaban J connectivity index is 2.33. The molecule has 0 heterocycles. The van der Waals surface area contributed by atoms with Crippen LogP contribution in [0.5, 0.6) is 0 Å². The zero-order chi connectivity index (χ0) is 16.1. The molecule has 0 amide bonds. The predicted octanol–water partition coefficient (Wildman–Crippen LogP) is -1.18. The van der Waals surface area contributed by atoms with Gasteiger partial charge in [-0.3, -0.25) is 20.2 Å². The highest BCUT2D eigenvalue weighted by Gasteiger charge is 2.32. The molecular formula is C14H9IN2O5. The maximum Gasteiger partial charge on any atom is 0.470 e. The summed E-state index contributed by atoms with van der Waals surface area (Å²) in [5.74, 6) is -0.614. The lowest BCUT2D eigenvalue weighted by Gasteiger charge is -2.06. The summed E-state index contributed by atoms with van der Waals surface area (Å²) >= 11 is -1.33. The number of halogens is 1. The minimum Gasteiger partial charge on any atom is -0.864 e. The summed E-state index contributed by atoms with van der Waals surface area (Å²) in [6.07, 6.45) is 0. The Kier molecular flexibility index (Phi) is 5.04. The molecule has 0 radical (unpaired) electrons. The third-order valence-electron chi connectivity index (χ3n) is 2.62. The van der Waals surface area contributed by atoms with Gasteiger partial charge in [-0.15, -0.1) is 0 Å². The normalized spacial score (nSPS) is 11.6. The minimum absolute atomic E-state index is 0.0928. The van der Waals surface area contributed by atoms with E-state index in [2.05, 4.69) is 0 Å². The zero-order valence-electron chi connectivity index (χ0n) is 11.0. The summed E-state index contributed by atoms with van der Waals surface area (Å²) < 4.78 is 0.208. The highest BCUT2D eigenvalue weighted by Crippen LogP contribution is 2.10. The molecule has 0 aliphatic carbocycles. The van der Waals surface area contributed by atoms with Crippen molar-refractivity contribution in [3.05, 3.63) is 87.7 Å². The van der Waals surface area contributed by atoms with Crippen LogP contribution in [-0.4, -0.2) is 9.85 Å². The predicted molar refractivity (Wildman–Crippen MR) is 72.1 cm³/mol. The van der Waals surface area contributed by atoms with E-state index in [9.17, 15) is 25.3 Å². The maximum absolute atomic E-state index is 12.2. The van der Waals surface area contributed by atoms with Crippen LogP contribution in [0.1, 0.15) is 5.56 Å². The Labute approximate surface area is 135 Å². The Morgan fingerprint density at radius 3 is 2.00 bits per heavy atom. The molecule has 8 heteroatoms. The molecule has 0 aliphatic rings. The Bertz CT molecular complexity index is 729. The van der Waals surface area contributed by atoms with Crippen molar-refractivity contribution in [1.29, 1.82) is 0 Å². The fourth-order valence-electron chi connectivity index (χ4n) is 1.60. The molecule has 0 aliphatic heterocycles. The maximum atomic E-state index is 12.2. The number of nitro benzene ring substituents is 1. The smallest absolute Gasteiger partial charge is 0.470 e. The first-order chi connectivity index (χ1) is 10.5. The van der Waals surface area contributed by atoms with E-state index in [0.29, 0.717) is 3.57 Å². The standard InChI is InChI=1S/C14H9IN2O5/c18-13(10-4-2-1-3-5-10)14(17(21)22)15-11-6-8-12(9-7-11)16(19)20/h1-9H/b14-13+. The van der Waals surface area contributed by atoms with E-state index in [0.717, 1.165) is 0 Å². The van der Waals surface area contributed by atoms with Crippen molar-refractivity contribution >= 4 is 11.4 Å². The van der Waals surface area contributed by atoms with Gasteiger partial charge in [-0.1, -0.05) is 30.3 Å². The van der Waals surface area contributed by atoms with E-state index < -0.39 is 36.8 Å². The van der Waals surface area contributed by atoms with Crippen LogP contribution in [0.25, 0.3) is 5.76 Å². The van der Waals surface area contributed by atoms with E-state index in [1.807, 2.05) is 0 Å². The lowest BCUT2D eigenvalue weighted by molar-refractivity contribution is -0.705. The highest BCUT2D eigenvalue weighted by molar-refractivity contribution is 5.56. The quantitative estimate of drug-likeness (QED) is 0.202. The van der Waals surface area contributed by atoms with Crippen molar-refractivity contribution in [2.45, 2.75) is 0 Å². The summed E-state index contributed by atoms with van der Waals surface area (Å²) in [6, 6.07) is 13.5. The number of nitro groups is 2. The van der Waals surface area contributed by atoms with Crippen LogP contribution in [0.3, 0.4) is 0 Å². The van der Waals surface area contributed by atoms with Gasteiger partial charge in [0.25, 0.3) is 5.69 Å². The second-order valence-electron chi connectivity index (χ2n) is 4.07. The van der Waals surface area contributed by atoms with Gasteiger partial charge < -0.3 is 5.11 Å². The fourth-order valence-corrected chi connectivity index (χ4v) is 3.66. The molecule has 2 aromatic rings. The fraction of sp³-hybridized carbons (Fsp3) is 0. The molecular weight excluding hydrogens is 403 g/mol. The van der Waals surface area contributed by atoms with Gasteiger partial charge in [0.2, 0.25) is 3.57 Å². The number of hydrogen-bond donors (Lipinski definition) is 0. The van der Waals surface area contributed by atoms with Crippen LogP contribution < -0.4 is 26.3 Å². The molecule has 0 spiro atoms. The van der Waals surface area contributed by atoms with E-state index in [4.69, 9.17) is 0 Å². The van der Waals surface area contributed by atoms with Crippen LogP contribution in [0.15, 0.2) is 58.3 Å². The van der Waals surface area contributed by atoms with E-state index >= 15 is 0 Å². The van der Waals surface area contributed by atoms with Gasteiger partial charge in [0.15, 0.2) is 0 Å². The van der Waals surface area contributed by atoms with Gasteiger partial charge >= 0.3 is 24.9 Å². The average Bonchev–Trinajstić information content (AvgIpc) is 2.53. The third-order valence-corrected chi connectivity index (χ3v) is 5.36. The molecule has 0 aromatic heterocycles. The Morgan fingerprint density at radius 2 is 1.50 bits per heavy atom. The molecule has 0 fully saturated rings. The second kappa shape index (κ2) is 6.98. The number of hydrogen-bond acceptors (Lipinski definition) is 5. The lowest BCUT2D eigenvalue weighted by atomic mass is 10.2. The molecule has 22 heavy (non-hydrogen) atoms. The Hall–Kier alpha value is -2.49. The van der Waals surface area contributed by atoms with E-state index in [1.165, 1.54) is 36.4 Å².